The van der Waals surface area contributed by atoms with E-state index in [0.717, 1.165) is 30.6 Å². The Bertz CT molecular complexity index is 516. The smallest absolute Gasteiger partial charge is 0.238 e. The third-order valence-electron chi connectivity index (χ3n) is 4.02. The van der Waals surface area contributed by atoms with Gasteiger partial charge in [-0.1, -0.05) is 6.07 Å². The van der Waals surface area contributed by atoms with E-state index >= 15 is 0 Å². The monoisotopic (exact) mass is 294 g/mol. The van der Waals surface area contributed by atoms with Crippen molar-refractivity contribution in [3.63, 3.8) is 0 Å². The number of primary amides is 1. The highest BCUT2D eigenvalue weighted by Gasteiger charge is 2.51. The summed E-state index contributed by atoms with van der Waals surface area (Å²) in [6.45, 7) is 0. The molecule has 0 aliphatic heterocycles. The van der Waals surface area contributed by atoms with Crippen LogP contribution in [0.1, 0.15) is 25.7 Å². The maximum absolute atomic E-state index is 13.2. The summed E-state index contributed by atoms with van der Waals surface area (Å²) < 4.78 is 13.2. The summed E-state index contributed by atoms with van der Waals surface area (Å²) in [6, 6.07) is 6.91. The van der Waals surface area contributed by atoms with Gasteiger partial charge >= 0.3 is 0 Å². The quantitative estimate of drug-likeness (QED) is 0.759. The molecule has 0 saturated heterocycles. The van der Waals surface area contributed by atoms with Gasteiger partial charge in [0.2, 0.25) is 5.91 Å². The van der Waals surface area contributed by atoms with Crippen LogP contribution in [0.25, 0.3) is 0 Å². The number of carbonyl (C=O) groups excluding carboxylic acids is 1. The Labute approximate surface area is 122 Å². The molecule has 5 heteroatoms. The third-order valence-corrected chi connectivity index (χ3v) is 5.20. The molecular weight excluding hydrogens is 275 g/mol. The highest BCUT2D eigenvalue weighted by Crippen LogP contribution is 2.44. The van der Waals surface area contributed by atoms with Crippen molar-refractivity contribution in [3.05, 3.63) is 30.1 Å². The molecule has 2 aliphatic rings. The molecule has 2 fully saturated rings. The summed E-state index contributed by atoms with van der Waals surface area (Å²) in [7, 11) is 0. The molecule has 1 unspecified atom stereocenters. The minimum Gasteiger partial charge on any atom is -0.368 e. The van der Waals surface area contributed by atoms with Gasteiger partial charge in [0.25, 0.3) is 0 Å². The van der Waals surface area contributed by atoms with Crippen LogP contribution in [0.4, 0.5) is 4.39 Å². The lowest BCUT2D eigenvalue weighted by Crippen LogP contribution is -2.60. The van der Waals surface area contributed by atoms with Gasteiger partial charge in [0, 0.05) is 16.7 Å². The molecule has 3 rings (SSSR count). The zero-order valence-electron chi connectivity index (χ0n) is 11.3. The van der Waals surface area contributed by atoms with Crippen molar-refractivity contribution in [2.24, 2.45) is 11.7 Å². The first-order valence-electron chi connectivity index (χ1n) is 7.06. The largest absolute Gasteiger partial charge is 0.368 e. The molecule has 1 aromatic carbocycles. The van der Waals surface area contributed by atoms with Crippen molar-refractivity contribution in [1.29, 1.82) is 0 Å². The minimum absolute atomic E-state index is 0.249. The number of hydrogen-bond acceptors (Lipinski definition) is 3. The highest BCUT2D eigenvalue weighted by atomic mass is 32.2. The van der Waals surface area contributed by atoms with Crippen LogP contribution in [0.2, 0.25) is 0 Å². The first kappa shape index (κ1) is 13.9. The lowest BCUT2D eigenvalue weighted by molar-refractivity contribution is -0.124. The van der Waals surface area contributed by atoms with Crippen molar-refractivity contribution in [2.75, 3.05) is 5.75 Å². The third kappa shape index (κ3) is 2.99. The van der Waals surface area contributed by atoms with Crippen molar-refractivity contribution in [2.45, 2.75) is 42.2 Å². The minimum atomic E-state index is -0.627. The number of hydrogen-bond donors (Lipinski definition) is 2. The van der Waals surface area contributed by atoms with E-state index in [2.05, 4.69) is 5.32 Å². The molecule has 0 aromatic heterocycles. The fourth-order valence-corrected chi connectivity index (χ4v) is 3.77. The van der Waals surface area contributed by atoms with Gasteiger partial charge in [-0.15, -0.1) is 11.8 Å². The summed E-state index contributed by atoms with van der Waals surface area (Å²) in [4.78, 5) is 12.9. The van der Waals surface area contributed by atoms with Gasteiger partial charge < -0.3 is 5.73 Å². The molecule has 3 N–H and O–H groups in total. The number of thioether (sulfide) groups is 1. The molecule has 0 bridgehead atoms. The number of carbonyl (C=O) groups is 1. The zero-order valence-corrected chi connectivity index (χ0v) is 12.1. The van der Waals surface area contributed by atoms with E-state index in [-0.39, 0.29) is 11.7 Å². The predicted molar refractivity (Wildman–Crippen MR) is 77.9 cm³/mol. The van der Waals surface area contributed by atoms with E-state index in [1.54, 1.807) is 6.07 Å². The number of amides is 1. The number of nitrogens with two attached hydrogens (primary N) is 1. The van der Waals surface area contributed by atoms with E-state index in [9.17, 15) is 9.18 Å². The van der Waals surface area contributed by atoms with E-state index in [1.807, 2.05) is 6.07 Å². The number of halogens is 1. The second-order valence-electron chi connectivity index (χ2n) is 5.77. The zero-order chi connectivity index (χ0) is 14.2. The van der Waals surface area contributed by atoms with Gasteiger partial charge in [-0.05, 0) is 49.8 Å². The normalized spacial score (nSPS) is 21.4. The summed E-state index contributed by atoms with van der Waals surface area (Å²) in [5, 5.41) is 3.46. The molecule has 0 heterocycles. The Morgan fingerprint density at radius 2 is 2.15 bits per heavy atom. The van der Waals surface area contributed by atoms with Crippen LogP contribution in [0.5, 0.6) is 0 Å². The molecule has 0 spiro atoms. The summed E-state index contributed by atoms with van der Waals surface area (Å²) in [5.41, 5.74) is 5.07. The van der Waals surface area contributed by atoms with Crippen LogP contribution < -0.4 is 11.1 Å². The predicted octanol–water partition coefficient (Wildman–Crippen LogP) is 2.30. The molecule has 20 heavy (non-hydrogen) atoms. The fraction of sp³-hybridized carbons (Fsp3) is 0.533. The Morgan fingerprint density at radius 3 is 2.70 bits per heavy atom. The summed E-state index contributed by atoms with van der Waals surface area (Å²) in [6.07, 6.45) is 4.33. The van der Waals surface area contributed by atoms with Crippen molar-refractivity contribution < 1.29 is 9.18 Å². The van der Waals surface area contributed by atoms with Crippen LogP contribution in [0.3, 0.4) is 0 Å². The molecule has 2 aliphatic carbocycles. The number of nitrogens with one attached hydrogen (secondary N) is 1. The van der Waals surface area contributed by atoms with Gasteiger partial charge in [0.05, 0.1) is 0 Å². The molecule has 2 saturated carbocycles. The number of benzene rings is 1. The lowest BCUT2D eigenvalue weighted by Gasteiger charge is -2.32. The standard InChI is InChI=1S/C15H19FN2OS/c16-11-2-1-3-13(8-11)20-9-15(14(17)19,10-4-5-10)18-12-6-7-12/h1-3,8,10,12,18H,4-7,9H2,(H2,17,19). The van der Waals surface area contributed by atoms with Gasteiger partial charge in [0.15, 0.2) is 0 Å². The van der Waals surface area contributed by atoms with Gasteiger partial charge in [0.1, 0.15) is 11.4 Å². The average Bonchev–Trinajstić information content (AvgIpc) is 3.26. The topological polar surface area (TPSA) is 55.1 Å². The Balaban J connectivity index is 1.73. The highest BCUT2D eigenvalue weighted by molar-refractivity contribution is 7.99. The van der Waals surface area contributed by atoms with E-state index in [4.69, 9.17) is 5.73 Å². The molecule has 1 aromatic rings. The number of rotatable bonds is 7. The second-order valence-corrected chi connectivity index (χ2v) is 6.82. The second kappa shape index (κ2) is 5.37. The molecule has 1 atom stereocenters. The molecule has 0 radical (unpaired) electrons. The fourth-order valence-electron chi connectivity index (χ4n) is 2.54. The van der Waals surface area contributed by atoms with Crippen LogP contribution in [-0.4, -0.2) is 23.2 Å². The Hall–Kier alpha value is -1.07. The van der Waals surface area contributed by atoms with Gasteiger partial charge in [-0.3, -0.25) is 10.1 Å². The van der Waals surface area contributed by atoms with Crippen LogP contribution >= 0.6 is 11.8 Å². The van der Waals surface area contributed by atoms with Gasteiger partial charge in [-0.25, -0.2) is 4.39 Å². The molecular formula is C15H19FN2OS. The summed E-state index contributed by atoms with van der Waals surface area (Å²) >= 11 is 1.50. The van der Waals surface area contributed by atoms with Crippen molar-refractivity contribution >= 4 is 17.7 Å². The van der Waals surface area contributed by atoms with Crippen LogP contribution in [0, 0.1) is 11.7 Å². The first-order valence-corrected chi connectivity index (χ1v) is 8.05. The Morgan fingerprint density at radius 1 is 1.40 bits per heavy atom. The molecule has 1 amide bonds. The maximum atomic E-state index is 13.2. The van der Waals surface area contributed by atoms with Crippen molar-refractivity contribution in [3.8, 4) is 0 Å². The van der Waals surface area contributed by atoms with Crippen LogP contribution in [0.15, 0.2) is 29.2 Å². The van der Waals surface area contributed by atoms with Gasteiger partial charge in [-0.2, -0.15) is 0 Å². The first-order chi connectivity index (χ1) is 9.60. The Kier molecular flexibility index (Phi) is 3.73. The molecule has 3 nitrogen and oxygen atoms in total. The lowest BCUT2D eigenvalue weighted by atomic mass is 9.94. The van der Waals surface area contributed by atoms with Crippen LogP contribution in [-0.2, 0) is 4.79 Å². The molecule has 108 valence electrons. The van der Waals surface area contributed by atoms with E-state index < -0.39 is 5.54 Å². The SMILES string of the molecule is NC(=O)C(CSc1cccc(F)c1)(NC1CC1)C1CC1. The van der Waals surface area contributed by atoms with E-state index in [1.165, 1.54) is 23.9 Å². The maximum Gasteiger partial charge on any atom is 0.238 e. The van der Waals surface area contributed by atoms with E-state index in [0.29, 0.717) is 17.7 Å². The average molecular weight is 294 g/mol. The van der Waals surface area contributed by atoms with Crippen molar-refractivity contribution in [1.82, 2.24) is 5.32 Å². The summed E-state index contributed by atoms with van der Waals surface area (Å²) in [5.74, 6) is 0.395.